The van der Waals surface area contributed by atoms with Crippen LogP contribution in [0.2, 0.25) is 0 Å². The molecule has 3 rings (SSSR count). The van der Waals surface area contributed by atoms with Crippen molar-refractivity contribution in [1.29, 1.82) is 0 Å². The molecule has 1 aromatic rings. The topological polar surface area (TPSA) is 55.8 Å². The lowest BCUT2D eigenvalue weighted by Gasteiger charge is -2.32. The Bertz CT molecular complexity index is 759. The summed E-state index contributed by atoms with van der Waals surface area (Å²) in [6, 6.07) is 5.30. The number of benzene rings is 1. The summed E-state index contributed by atoms with van der Waals surface area (Å²) < 4.78 is 39.6. The van der Waals surface area contributed by atoms with Crippen molar-refractivity contribution in [2.45, 2.75) is 76.5 Å². The first-order chi connectivity index (χ1) is 11.5. The molecule has 2 aliphatic heterocycles. The highest BCUT2D eigenvalue weighted by Crippen LogP contribution is 2.37. The zero-order chi connectivity index (χ0) is 18.6. The van der Waals surface area contributed by atoms with Crippen LogP contribution in [-0.2, 0) is 19.3 Å². The highest BCUT2D eigenvalue weighted by atomic mass is 32.2. The van der Waals surface area contributed by atoms with E-state index in [2.05, 4.69) is 0 Å². The van der Waals surface area contributed by atoms with Gasteiger partial charge >= 0.3 is 7.12 Å². The molecule has 1 atom stereocenters. The number of sulfonamides is 1. The minimum Gasteiger partial charge on any atom is -0.399 e. The Morgan fingerprint density at radius 3 is 2.24 bits per heavy atom. The summed E-state index contributed by atoms with van der Waals surface area (Å²) in [6.07, 6.45) is 1.84. The molecule has 0 aliphatic carbocycles. The Hall–Kier alpha value is -0.885. The SMILES string of the molecule is Cc1cc(S(=O)(=O)N2CCC[C@H]2C)ccc1B1OC(C)(C)C(C)(C)O1. The normalized spacial score (nSPS) is 26.3. The summed E-state index contributed by atoms with van der Waals surface area (Å²) in [5, 5.41) is 0. The van der Waals surface area contributed by atoms with Gasteiger partial charge in [0.05, 0.1) is 16.1 Å². The molecule has 0 unspecified atom stereocenters. The largest absolute Gasteiger partial charge is 0.495 e. The van der Waals surface area contributed by atoms with Crippen LogP contribution in [0.25, 0.3) is 0 Å². The molecule has 0 radical (unpaired) electrons. The molecule has 1 aromatic carbocycles. The summed E-state index contributed by atoms with van der Waals surface area (Å²) in [5.41, 5.74) is 0.915. The van der Waals surface area contributed by atoms with Gasteiger partial charge in [-0.2, -0.15) is 4.31 Å². The first kappa shape index (κ1) is 18.9. The van der Waals surface area contributed by atoms with Gasteiger partial charge in [-0.15, -0.1) is 0 Å². The van der Waals surface area contributed by atoms with Crippen LogP contribution < -0.4 is 5.46 Å². The summed E-state index contributed by atoms with van der Waals surface area (Å²) in [5.74, 6) is 0. The Labute approximate surface area is 151 Å². The van der Waals surface area contributed by atoms with Gasteiger partial charge in [-0.3, -0.25) is 0 Å². The summed E-state index contributed by atoms with van der Waals surface area (Å²) >= 11 is 0. The minimum absolute atomic E-state index is 0.0630. The number of nitrogens with zero attached hydrogens (tertiary/aromatic N) is 1. The first-order valence-corrected chi connectivity index (χ1v) is 10.4. The Balaban J connectivity index is 1.90. The molecule has 138 valence electrons. The third kappa shape index (κ3) is 3.16. The highest BCUT2D eigenvalue weighted by Gasteiger charge is 2.52. The van der Waals surface area contributed by atoms with Crippen LogP contribution >= 0.6 is 0 Å². The van der Waals surface area contributed by atoms with E-state index >= 15 is 0 Å². The lowest BCUT2D eigenvalue weighted by Crippen LogP contribution is -2.41. The molecular weight excluding hydrogens is 337 g/mol. The monoisotopic (exact) mass is 365 g/mol. The quantitative estimate of drug-likeness (QED) is 0.773. The van der Waals surface area contributed by atoms with Gasteiger partial charge in [0, 0.05) is 12.6 Å². The van der Waals surface area contributed by atoms with Gasteiger partial charge in [-0.05, 0) is 72.0 Å². The van der Waals surface area contributed by atoms with Crippen molar-refractivity contribution < 1.29 is 17.7 Å². The fraction of sp³-hybridized carbons (Fsp3) is 0.667. The van der Waals surface area contributed by atoms with Crippen LogP contribution in [0.5, 0.6) is 0 Å². The maximum atomic E-state index is 12.9. The van der Waals surface area contributed by atoms with Gasteiger partial charge in [0.1, 0.15) is 0 Å². The molecule has 25 heavy (non-hydrogen) atoms. The predicted molar refractivity (Wildman–Crippen MR) is 99.5 cm³/mol. The van der Waals surface area contributed by atoms with Gasteiger partial charge in [-0.1, -0.05) is 11.6 Å². The van der Waals surface area contributed by atoms with E-state index in [0.29, 0.717) is 11.4 Å². The molecule has 7 heteroatoms. The number of rotatable bonds is 3. The van der Waals surface area contributed by atoms with Gasteiger partial charge in [0.2, 0.25) is 10.0 Å². The molecule has 0 bridgehead atoms. The van der Waals surface area contributed by atoms with Crippen LogP contribution in [0, 0.1) is 6.92 Å². The van der Waals surface area contributed by atoms with Crippen LogP contribution in [0.4, 0.5) is 0 Å². The molecule has 5 nitrogen and oxygen atoms in total. The molecule has 2 saturated heterocycles. The van der Waals surface area contributed by atoms with Gasteiger partial charge in [0.25, 0.3) is 0 Å². The molecule has 0 aromatic heterocycles. The second kappa shape index (κ2) is 6.08. The van der Waals surface area contributed by atoms with Gasteiger partial charge in [-0.25, -0.2) is 8.42 Å². The second-order valence-corrected chi connectivity index (χ2v) is 10.1. The van der Waals surface area contributed by atoms with Crippen molar-refractivity contribution in [3.8, 4) is 0 Å². The number of hydrogen-bond acceptors (Lipinski definition) is 4. The van der Waals surface area contributed by atoms with Crippen LogP contribution in [0.1, 0.15) is 53.0 Å². The summed E-state index contributed by atoms with van der Waals surface area (Å²) in [7, 11) is -3.92. The Kier molecular flexibility index (Phi) is 4.60. The molecule has 0 N–H and O–H groups in total. The predicted octanol–water partition coefficient (Wildman–Crippen LogP) is 2.47. The van der Waals surface area contributed by atoms with Gasteiger partial charge < -0.3 is 9.31 Å². The van der Waals surface area contributed by atoms with Crippen LogP contribution in [-0.4, -0.2) is 43.6 Å². The van der Waals surface area contributed by atoms with Crippen molar-refractivity contribution in [1.82, 2.24) is 4.31 Å². The standard InChI is InChI=1S/C18H28BNO4S/c1-13-12-15(25(21,22)20-11-7-8-14(20)2)9-10-16(13)19-23-17(3,4)18(5,6)24-19/h9-10,12,14H,7-8,11H2,1-6H3/t14-/m1/s1. The zero-order valence-electron chi connectivity index (χ0n) is 16.0. The maximum absolute atomic E-state index is 12.9. The zero-order valence-corrected chi connectivity index (χ0v) is 16.8. The third-order valence-electron chi connectivity index (χ3n) is 5.85. The van der Waals surface area contributed by atoms with E-state index in [0.717, 1.165) is 23.9 Å². The number of aryl methyl sites for hydroxylation is 1. The Morgan fingerprint density at radius 2 is 1.76 bits per heavy atom. The molecular formula is C18H28BNO4S. The van der Waals surface area contributed by atoms with E-state index < -0.39 is 28.3 Å². The van der Waals surface area contributed by atoms with E-state index in [1.165, 1.54) is 0 Å². The van der Waals surface area contributed by atoms with E-state index in [-0.39, 0.29) is 6.04 Å². The van der Waals surface area contributed by atoms with Crippen LogP contribution in [0.3, 0.4) is 0 Å². The van der Waals surface area contributed by atoms with Gasteiger partial charge in [0.15, 0.2) is 0 Å². The highest BCUT2D eigenvalue weighted by molar-refractivity contribution is 7.89. The van der Waals surface area contributed by atoms with E-state index in [9.17, 15) is 8.42 Å². The average molecular weight is 365 g/mol. The Morgan fingerprint density at radius 1 is 1.16 bits per heavy atom. The molecule has 0 spiro atoms. The van der Waals surface area contributed by atoms with Crippen molar-refractivity contribution in [2.75, 3.05) is 6.54 Å². The first-order valence-electron chi connectivity index (χ1n) is 8.94. The fourth-order valence-corrected chi connectivity index (χ4v) is 5.23. The minimum atomic E-state index is -3.44. The fourth-order valence-electron chi connectivity index (χ4n) is 3.44. The molecule has 2 heterocycles. The number of hydrogen-bond donors (Lipinski definition) is 0. The van der Waals surface area contributed by atoms with Crippen LogP contribution in [0.15, 0.2) is 23.1 Å². The molecule has 2 fully saturated rings. The van der Waals surface area contributed by atoms with Crippen molar-refractivity contribution >= 4 is 22.6 Å². The van der Waals surface area contributed by atoms with E-state index in [4.69, 9.17) is 9.31 Å². The van der Waals surface area contributed by atoms with Crippen molar-refractivity contribution in [2.24, 2.45) is 0 Å². The smallest absolute Gasteiger partial charge is 0.399 e. The third-order valence-corrected chi connectivity index (χ3v) is 7.86. The van der Waals surface area contributed by atoms with E-state index in [1.54, 1.807) is 16.4 Å². The maximum Gasteiger partial charge on any atom is 0.495 e. The lowest BCUT2D eigenvalue weighted by atomic mass is 9.76. The summed E-state index contributed by atoms with van der Waals surface area (Å²) in [4.78, 5) is 0.346. The molecule has 0 amide bonds. The second-order valence-electron chi connectivity index (χ2n) is 8.21. The van der Waals surface area contributed by atoms with Crippen molar-refractivity contribution in [3.63, 3.8) is 0 Å². The summed E-state index contributed by atoms with van der Waals surface area (Å²) in [6.45, 7) is 12.5. The molecule has 2 aliphatic rings. The molecule has 0 saturated carbocycles. The van der Waals surface area contributed by atoms with E-state index in [1.807, 2.05) is 47.6 Å². The van der Waals surface area contributed by atoms with Crippen molar-refractivity contribution in [3.05, 3.63) is 23.8 Å². The average Bonchev–Trinajstić information content (AvgIpc) is 3.00. The lowest BCUT2D eigenvalue weighted by molar-refractivity contribution is 0.00578.